The third kappa shape index (κ3) is 8.30. The quantitative estimate of drug-likeness (QED) is 0.208. The average molecular weight is 477 g/mol. The smallest absolute Gasteiger partial charge is 0.343 e. The Hall–Kier alpha value is -4.13. The number of carbonyl (C=O) groups is 3. The number of hydrogen-bond donors (Lipinski definition) is 0. The lowest BCUT2D eigenvalue weighted by atomic mass is 10.2. The normalized spacial score (nSPS) is 10.3. The van der Waals surface area contributed by atoms with E-state index in [-0.39, 0.29) is 5.97 Å². The van der Waals surface area contributed by atoms with Gasteiger partial charge in [-0.2, -0.15) is 0 Å². The van der Waals surface area contributed by atoms with Crippen LogP contribution in [0.2, 0.25) is 0 Å². The molecule has 7 nitrogen and oxygen atoms in total. The molecule has 0 aromatic heterocycles. The van der Waals surface area contributed by atoms with Crippen LogP contribution in [0.15, 0.2) is 72.8 Å². The molecule has 0 saturated carbocycles. The Labute approximate surface area is 204 Å². The van der Waals surface area contributed by atoms with Crippen molar-refractivity contribution in [3.05, 3.63) is 89.5 Å². The third-order valence-electron chi connectivity index (χ3n) is 5.05. The van der Waals surface area contributed by atoms with Crippen LogP contribution in [-0.2, 0) is 16.0 Å². The summed E-state index contributed by atoms with van der Waals surface area (Å²) in [5.41, 5.74) is 1.87. The highest BCUT2D eigenvalue weighted by Crippen LogP contribution is 2.19. The first-order chi connectivity index (χ1) is 16.9. The van der Waals surface area contributed by atoms with E-state index < -0.39 is 11.9 Å². The highest BCUT2D eigenvalue weighted by molar-refractivity contribution is 5.92. The third-order valence-corrected chi connectivity index (χ3v) is 5.05. The van der Waals surface area contributed by atoms with Gasteiger partial charge in [0.15, 0.2) is 0 Å². The van der Waals surface area contributed by atoms with Crippen molar-refractivity contribution in [1.82, 2.24) is 0 Å². The van der Waals surface area contributed by atoms with E-state index in [0.717, 1.165) is 18.4 Å². The predicted molar refractivity (Wildman–Crippen MR) is 130 cm³/mol. The van der Waals surface area contributed by atoms with Crippen molar-refractivity contribution < 1.29 is 33.3 Å². The van der Waals surface area contributed by atoms with Gasteiger partial charge in [0.1, 0.15) is 17.2 Å². The Morgan fingerprint density at radius 3 is 1.57 bits per heavy atom. The van der Waals surface area contributed by atoms with Crippen LogP contribution in [0.5, 0.6) is 17.2 Å². The van der Waals surface area contributed by atoms with Crippen LogP contribution >= 0.6 is 0 Å². The van der Waals surface area contributed by atoms with Gasteiger partial charge in [-0.15, -0.1) is 0 Å². The maximum Gasteiger partial charge on any atom is 0.343 e. The van der Waals surface area contributed by atoms with Gasteiger partial charge in [0.25, 0.3) is 0 Å². The Morgan fingerprint density at radius 2 is 1.09 bits per heavy atom. The van der Waals surface area contributed by atoms with Gasteiger partial charge in [-0.25, -0.2) is 9.59 Å². The molecular formula is C28H28O7. The topological polar surface area (TPSA) is 88.1 Å². The maximum atomic E-state index is 12.4. The summed E-state index contributed by atoms with van der Waals surface area (Å²) in [6, 6.07) is 20.1. The van der Waals surface area contributed by atoms with Gasteiger partial charge in [0.05, 0.1) is 24.3 Å². The van der Waals surface area contributed by atoms with Crippen LogP contribution < -0.4 is 14.2 Å². The Kier molecular flexibility index (Phi) is 9.42. The molecule has 0 amide bonds. The van der Waals surface area contributed by atoms with Gasteiger partial charge in [0, 0.05) is 6.92 Å². The first-order valence-electron chi connectivity index (χ1n) is 11.4. The van der Waals surface area contributed by atoms with Crippen molar-refractivity contribution in [3.63, 3.8) is 0 Å². The van der Waals surface area contributed by atoms with Crippen molar-refractivity contribution in [3.8, 4) is 17.2 Å². The summed E-state index contributed by atoms with van der Waals surface area (Å²) < 4.78 is 21.3. The number of benzene rings is 3. The van der Waals surface area contributed by atoms with Gasteiger partial charge in [0.2, 0.25) is 0 Å². The summed E-state index contributed by atoms with van der Waals surface area (Å²) in [7, 11) is 0. The van der Waals surface area contributed by atoms with E-state index in [1.165, 1.54) is 6.92 Å². The molecule has 7 heteroatoms. The molecule has 0 spiro atoms. The number of rotatable bonds is 11. The van der Waals surface area contributed by atoms with Crippen LogP contribution in [0.25, 0.3) is 0 Å². The summed E-state index contributed by atoms with van der Waals surface area (Å²) in [5, 5.41) is 0. The lowest BCUT2D eigenvalue weighted by Gasteiger charge is -2.08. The van der Waals surface area contributed by atoms with E-state index in [9.17, 15) is 14.4 Å². The lowest BCUT2D eigenvalue weighted by molar-refractivity contribution is -0.141. The first kappa shape index (κ1) is 25.5. The summed E-state index contributed by atoms with van der Waals surface area (Å²) in [6.45, 7) is 4.28. The van der Waals surface area contributed by atoms with Crippen LogP contribution in [0.4, 0.5) is 0 Å². The fourth-order valence-electron chi connectivity index (χ4n) is 3.08. The highest BCUT2D eigenvalue weighted by Gasteiger charge is 2.12. The summed E-state index contributed by atoms with van der Waals surface area (Å²) >= 11 is 0. The molecule has 0 saturated heterocycles. The van der Waals surface area contributed by atoms with Crippen molar-refractivity contribution in [2.75, 3.05) is 13.2 Å². The zero-order valence-electron chi connectivity index (χ0n) is 19.8. The summed E-state index contributed by atoms with van der Waals surface area (Å²) in [6.07, 6.45) is 2.37. The number of ether oxygens (including phenoxy) is 4. The fraction of sp³-hybridized carbons (Fsp3) is 0.250. The average Bonchev–Trinajstić information content (AvgIpc) is 2.87. The standard InChI is InChI=1S/C28H28O7/c1-3-21-6-12-25(13-7-21)34-28(31)23-10-16-26(17-11-23)35-27(30)22-8-14-24(15-9-22)33-19-5-4-18-32-20(2)29/h6-17H,3-5,18-19H2,1-2H3. The minimum absolute atomic E-state index is 0.291. The van der Waals surface area contributed by atoms with Crippen molar-refractivity contribution in [1.29, 1.82) is 0 Å². The summed E-state index contributed by atoms with van der Waals surface area (Å²) in [5.74, 6) is 0.101. The number of hydrogen-bond acceptors (Lipinski definition) is 7. The van der Waals surface area contributed by atoms with Crippen LogP contribution in [0.3, 0.4) is 0 Å². The minimum Gasteiger partial charge on any atom is -0.494 e. The van der Waals surface area contributed by atoms with Crippen LogP contribution in [0.1, 0.15) is 53.0 Å². The van der Waals surface area contributed by atoms with Gasteiger partial charge < -0.3 is 18.9 Å². The molecule has 3 rings (SSSR count). The van der Waals surface area contributed by atoms with Gasteiger partial charge >= 0.3 is 17.9 Å². The fourth-order valence-corrected chi connectivity index (χ4v) is 3.08. The molecule has 0 aliphatic heterocycles. The number of esters is 3. The first-order valence-corrected chi connectivity index (χ1v) is 11.4. The second-order valence-corrected chi connectivity index (χ2v) is 7.72. The molecule has 3 aromatic rings. The van der Waals surface area contributed by atoms with E-state index in [1.807, 2.05) is 12.1 Å². The molecule has 182 valence electrons. The molecule has 0 aliphatic rings. The Bertz CT molecular complexity index is 1120. The Morgan fingerprint density at radius 1 is 0.629 bits per heavy atom. The molecule has 35 heavy (non-hydrogen) atoms. The second-order valence-electron chi connectivity index (χ2n) is 7.72. The van der Waals surface area contributed by atoms with E-state index in [0.29, 0.717) is 48.0 Å². The zero-order valence-corrected chi connectivity index (χ0v) is 19.8. The van der Waals surface area contributed by atoms with E-state index >= 15 is 0 Å². The number of unbranched alkanes of at least 4 members (excludes halogenated alkanes) is 1. The van der Waals surface area contributed by atoms with E-state index in [1.54, 1.807) is 60.7 Å². The molecule has 0 N–H and O–H groups in total. The van der Waals surface area contributed by atoms with Crippen molar-refractivity contribution >= 4 is 17.9 Å². The molecular weight excluding hydrogens is 448 g/mol. The molecule has 0 heterocycles. The molecule has 3 aromatic carbocycles. The monoisotopic (exact) mass is 476 g/mol. The molecule has 0 bridgehead atoms. The van der Waals surface area contributed by atoms with Crippen LogP contribution in [0, 0.1) is 0 Å². The second kappa shape index (κ2) is 12.9. The minimum atomic E-state index is -0.524. The SMILES string of the molecule is CCc1ccc(OC(=O)c2ccc(OC(=O)c3ccc(OCCCCOC(C)=O)cc3)cc2)cc1. The summed E-state index contributed by atoms with van der Waals surface area (Å²) in [4.78, 5) is 35.5. The van der Waals surface area contributed by atoms with Gasteiger partial charge in [-0.1, -0.05) is 19.1 Å². The lowest BCUT2D eigenvalue weighted by Crippen LogP contribution is -2.10. The van der Waals surface area contributed by atoms with E-state index in [2.05, 4.69) is 6.92 Å². The highest BCUT2D eigenvalue weighted by atomic mass is 16.5. The van der Waals surface area contributed by atoms with Gasteiger partial charge in [-0.3, -0.25) is 4.79 Å². The zero-order chi connectivity index (χ0) is 25.0. The van der Waals surface area contributed by atoms with Gasteiger partial charge in [-0.05, 0) is 85.5 Å². The van der Waals surface area contributed by atoms with Crippen molar-refractivity contribution in [2.24, 2.45) is 0 Å². The molecule has 0 atom stereocenters. The molecule has 0 radical (unpaired) electrons. The molecule has 0 unspecified atom stereocenters. The number of aryl methyl sites for hydroxylation is 1. The molecule has 0 aliphatic carbocycles. The van der Waals surface area contributed by atoms with Crippen molar-refractivity contribution in [2.45, 2.75) is 33.1 Å². The largest absolute Gasteiger partial charge is 0.494 e. The number of carbonyl (C=O) groups excluding carboxylic acids is 3. The Balaban J connectivity index is 1.46. The molecule has 0 fully saturated rings. The maximum absolute atomic E-state index is 12.4. The van der Waals surface area contributed by atoms with E-state index in [4.69, 9.17) is 18.9 Å². The van der Waals surface area contributed by atoms with Crippen LogP contribution in [-0.4, -0.2) is 31.1 Å². The predicted octanol–water partition coefficient (Wildman–Crippen LogP) is 5.41.